The molecule has 23 nitrogen and oxygen atoms in total. The van der Waals surface area contributed by atoms with Crippen molar-refractivity contribution in [1.82, 2.24) is 49.8 Å². The second-order valence-electron chi connectivity index (χ2n) is 26.6. The lowest BCUT2D eigenvalue weighted by molar-refractivity contribution is -0.275. The molecular formula is C89H77Br3F8N10O13. The van der Waals surface area contributed by atoms with Crippen LogP contribution in [0.25, 0.3) is 22.5 Å². The van der Waals surface area contributed by atoms with E-state index in [1.165, 1.54) is 77.5 Å². The number of alkyl halides is 6. The van der Waals surface area contributed by atoms with E-state index in [-0.39, 0.29) is 60.1 Å². The molecule has 0 saturated carbocycles. The zero-order chi connectivity index (χ0) is 87.8. The van der Waals surface area contributed by atoms with Crippen LogP contribution >= 0.6 is 47.8 Å². The van der Waals surface area contributed by atoms with E-state index in [2.05, 4.69) is 99.6 Å². The molecule has 123 heavy (non-hydrogen) atoms. The number of pyridine rings is 5. The number of carbonyl (C=O) groups excluding carboxylic acids is 4. The summed E-state index contributed by atoms with van der Waals surface area (Å²) in [6.07, 6.45) is -3.14. The number of aliphatic hydroxyl groups is 2. The first-order valence-electron chi connectivity index (χ1n) is 37.6. The van der Waals surface area contributed by atoms with Gasteiger partial charge >= 0.3 is 18.7 Å². The number of benzene rings is 7. The SMILES string of the molecule is O=C(O)c1cc(Br)ncc1F.O=C(c1cc(Br)ncc1F)N(CCO)Cc1ccccc1.O=C1c2cc(-c3ccc(OC(F)(F)F)cc3)ncc2OCCN1Cc1ccccc1.O=C1c2cc(-c3ccc(OC(F)(F)F)cc3)ncc2OCCN1Cc1ccccc1.O=C1c2cc(Br)ncc2OCCN1Cc1ccccc1.OCCNCc1ccccc1. The maximum Gasteiger partial charge on any atom is 0.573 e. The van der Waals surface area contributed by atoms with E-state index in [9.17, 15) is 59.1 Å². The summed E-state index contributed by atoms with van der Waals surface area (Å²) in [7, 11) is 0. The average Bonchev–Trinajstić information content (AvgIpc) is 1.82. The number of carbonyl (C=O) groups is 5. The van der Waals surface area contributed by atoms with Crippen LogP contribution in [0.1, 0.15) is 79.6 Å². The third kappa shape index (κ3) is 29.1. The summed E-state index contributed by atoms with van der Waals surface area (Å²) < 4.78 is 126. The van der Waals surface area contributed by atoms with Crippen molar-refractivity contribution >= 4 is 77.4 Å². The van der Waals surface area contributed by atoms with Crippen molar-refractivity contribution < 1.29 is 98.1 Å². The summed E-state index contributed by atoms with van der Waals surface area (Å²) in [5.41, 5.74) is 8.12. The number of aliphatic hydroxyl groups excluding tert-OH is 2. The van der Waals surface area contributed by atoms with Crippen molar-refractivity contribution in [2.24, 2.45) is 0 Å². The smallest absolute Gasteiger partial charge is 0.489 e. The molecule has 0 bridgehead atoms. The number of rotatable bonds is 20. The molecule has 34 heteroatoms. The number of amides is 4. The Balaban J connectivity index is 0.000000160. The van der Waals surface area contributed by atoms with E-state index in [1.54, 1.807) is 39.1 Å². The molecule has 4 N–H and O–H groups in total. The summed E-state index contributed by atoms with van der Waals surface area (Å²) >= 11 is 9.34. The number of aromatic nitrogens is 5. The second-order valence-corrected chi connectivity index (χ2v) is 29.0. The minimum atomic E-state index is -4.75. The van der Waals surface area contributed by atoms with E-state index >= 15 is 0 Å². The zero-order valence-corrected chi connectivity index (χ0v) is 69.8. The van der Waals surface area contributed by atoms with Crippen LogP contribution in [0.2, 0.25) is 0 Å². The van der Waals surface area contributed by atoms with Gasteiger partial charge in [-0.2, -0.15) is 0 Å². The van der Waals surface area contributed by atoms with Crippen molar-refractivity contribution in [3.05, 3.63) is 343 Å². The van der Waals surface area contributed by atoms with Crippen molar-refractivity contribution in [2.45, 2.75) is 45.4 Å². The Labute approximate surface area is 725 Å². The third-order valence-corrected chi connectivity index (χ3v) is 19.1. The molecular weight excluding hydrogens is 1810 g/mol. The highest BCUT2D eigenvalue weighted by atomic mass is 79.9. The highest BCUT2D eigenvalue weighted by molar-refractivity contribution is 9.11. The van der Waals surface area contributed by atoms with E-state index in [4.69, 9.17) is 29.5 Å². The number of nitrogens with one attached hydrogen (secondary N) is 1. The van der Waals surface area contributed by atoms with Crippen molar-refractivity contribution in [2.75, 3.05) is 65.8 Å². The number of ether oxygens (including phenoxy) is 5. The first kappa shape index (κ1) is 92.7. The molecule has 12 aromatic rings. The molecule has 0 unspecified atom stereocenters. The fraction of sp³-hybridized carbons (Fsp3) is 0.191. The first-order chi connectivity index (χ1) is 59.2. The molecule has 5 aromatic heterocycles. The molecule has 7 aromatic carbocycles. The maximum atomic E-state index is 13.8. The Morgan fingerprint density at radius 1 is 0.439 bits per heavy atom. The second kappa shape index (κ2) is 45.9. The summed E-state index contributed by atoms with van der Waals surface area (Å²) in [6, 6.07) is 66.7. The standard InChI is InChI=1S/2C22H17F3N2O3.C15H14BrFN2O2.C15H13BrN2O2.C9H13NO.C6H3BrFNO2/c2*23-22(24,25)30-17-8-6-16(7-9-17)19-12-18-20(13-26-19)29-11-10-27(21(18)28)14-15-4-2-1-3-5-15;16-14-8-12(13(17)9-18-14)15(21)19(6-7-20)10-11-4-2-1-3-5-11;16-14-8-12-13(9-17-14)20-7-6-18(15(12)19)10-11-4-2-1-3-5-11;11-7-6-10-8-9-4-2-1-3-5-9;7-5-1-3(6(10)11)4(8)2-9-5/h2*1-9,12-13H,10-11,14H2;1-5,8-9,20H,6-7,10H2;1-5,8-9H,6-7,10H2;1-5,10-11H,6-8H2;1-2H,(H,10,11). The van der Waals surface area contributed by atoms with Gasteiger partial charge in [0.15, 0.2) is 17.4 Å². The first-order valence-corrected chi connectivity index (χ1v) is 40.0. The molecule has 0 aliphatic carbocycles. The Morgan fingerprint density at radius 3 is 1.15 bits per heavy atom. The van der Waals surface area contributed by atoms with Crippen LogP contribution in [-0.2, 0) is 32.7 Å². The summed E-state index contributed by atoms with van der Waals surface area (Å²) in [5, 5.41) is 29.1. The van der Waals surface area contributed by atoms with E-state index < -0.39 is 36.2 Å². The minimum absolute atomic E-state index is 0.0237. The molecule has 3 aliphatic heterocycles. The number of hydrogen-bond donors (Lipinski definition) is 4. The average molecular weight is 1890 g/mol. The summed E-state index contributed by atoms with van der Waals surface area (Å²) in [4.78, 5) is 88.1. The molecule has 0 spiro atoms. The van der Waals surface area contributed by atoms with Gasteiger partial charge in [0, 0.05) is 56.9 Å². The number of carboxylic acid groups (broad SMARTS) is 1. The predicted molar refractivity (Wildman–Crippen MR) is 449 cm³/mol. The largest absolute Gasteiger partial charge is 0.573 e. The monoisotopic (exact) mass is 1880 g/mol. The molecule has 0 radical (unpaired) electrons. The quantitative estimate of drug-likeness (QED) is 0.0313. The van der Waals surface area contributed by atoms with Crippen LogP contribution in [-0.4, -0.2) is 168 Å². The summed E-state index contributed by atoms with van der Waals surface area (Å²) in [5.74, 6) is -3.02. The van der Waals surface area contributed by atoms with Crippen LogP contribution in [0.15, 0.2) is 275 Å². The normalized spacial score (nSPS) is 12.7. The van der Waals surface area contributed by atoms with Crippen LogP contribution in [0.3, 0.4) is 0 Å². The molecule has 8 heterocycles. The Bertz CT molecular complexity index is 5300. The number of carboxylic acids is 1. The number of halogens is 11. The molecule has 0 saturated heterocycles. The Kier molecular flexibility index (Phi) is 34.6. The fourth-order valence-electron chi connectivity index (χ4n) is 12.0. The van der Waals surface area contributed by atoms with Crippen LogP contribution in [0, 0.1) is 11.6 Å². The van der Waals surface area contributed by atoms with Gasteiger partial charge in [0.05, 0.1) is 103 Å². The molecule has 0 atom stereocenters. The predicted octanol–water partition coefficient (Wildman–Crippen LogP) is 17.3. The number of nitrogens with zero attached hydrogens (tertiary/aromatic N) is 9. The van der Waals surface area contributed by atoms with Gasteiger partial charge in [0.2, 0.25) is 0 Å². The summed E-state index contributed by atoms with van der Waals surface area (Å²) in [6.45, 7) is 6.03. The van der Waals surface area contributed by atoms with E-state index in [1.807, 2.05) is 140 Å². The van der Waals surface area contributed by atoms with Gasteiger partial charge in [0.25, 0.3) is 23.6 Å². The van der Waals surface area contributed by atoms with Crippen molar-refractivity contribution in [3.63, 3.8) is 0 Å². The van der Waals surface area contributed by atoms with Crippen molar-refractivity contribution in [3.8, 4) is 51.3 Å². The van der Waals surface area contributed by atoms with Crippen LogP contribution in [0.4, 0.5) is 35.1 Å². The van der Waals surface area contributed by atoms with E-state index in [0.29, 0.717) is 142 Å². The number of fused-ring (bicyclic) bond motifs is 3. The third-order valence-electron chi connectivity index (χ3n) is 17.8. The highest BCUT2D eigenvalue weighted by Crippen LogP contribution is 2.34. The molecule has 4 amide bonds. The zero-order valence-electron chi connectivity index (χ0n) is 65.0. The number of hydrogen-bond acceptors (Lipinski definition) is 18. The maximum absolute atomic E-state index is 13.8. The van der Waals surface area contributed by atoms with Crippen molar-refractivity contribution in [1.29, 1.82) is 0 Å². The molecule has 0 fully saturated rings. The van der Waals surface area contributed by atoms with Gasteiger partial charge in [-0.15, -0.1) is 26.3 Å². The van der Waals surface area contributed by atoms with Gasteiger partial charge in [-0.25, -0.2) is 28.5 Å². The lowest BCUT2D eigenvalue weighted by Crippen LogP contribution is -2.33. The van der Waals surface area contributed by atoms with Gasteiger partial charge in [-0.05, 0) is 154 Å². The molecule has 638 valence electrons. The topological polar surface area (TPSA) is 282 Å². The Morgan fingerprint density at radius 2 is 0.780 bits per heavy atom. The highest BCUT2D eigenvalue weighted by Gasteiger charge is 2.33. The number of aromatic carboxylic acids is 1. The fourth-order valence-corrected chi connectivity index (χ4v) is 13.0. The van der Waals surface area contributed by atoms with Crippen LogP contribution in [0.5, 0.6) is 28.7 Å². The van der Waals surface area contributed by atoms with Gasteiger partial charge < -0.3 is 63.9 Å². The lowest BCUT2D eigenvalue weighted by Gasteiger charge is -2.22. The van der Waals surface area contributed by atoms with Gasteiger partial charge in [-0.3, -0.25) is 29.1 Å². The van der Waals surface area contributed by atoms with Gasteiger partial charge in [0.1, 0.15) is 56.6 Å². The molecule has 15 rings (SSSR count). The van der Waals surface area contributed by atoms with Crippen LogP contribution < -0.4 is 29.0 Å². The minimum Gasteiger partial charge on any atom is -0.489 e. The molecule has 3 aliphatic rings. The van der Waals surface area contributed by atoms with E-state index in [0.717, 1.165) is 47.3 Å². The lowest BCUT2D eigenvalue weighted by atomic mass is 10.1. The Hall–Kier alpha value is -12.6. The van der Waals surface area contributed by atoms with Gasteiger partial charge in [-0.1, -0.05) is 152 Å².